The van der Waals surface area contributed by atoms with Gasteiger partial charge >= 0.3 is 5.97 Å². The van der Waals surface area contributed by atoms with Crippen molar-refractivity contribution in [2.45, 2.75) is 33.2 Å². The average Bonchev–Trinajstić information content (AvgIpc) is 3.31. The number of aryl methyl sites for hydroxylation is 2. The summed E-state index contributed by atoms with van der Waals surface area (Å²) in [6.07, 6.45) is 0.698. The number of esters is 1. The Balaban J connectivity index is 1.52. The van der Waals surface area contributed by atoms with Crippen LogP contribution in [-0.2, 0) is 22.5 Å². The van der Waals surface area contributed by atoms with Crippen molar-refractivity contribution in [1.82, 2.24) is 15.1 Å². The summed E-state index contributed by atoms with van der Waals surface area (Å²) < 4.78 is 20.7. The van der Waals surface area contributed by atoms with Gasteiger partial charge in [0.15, 0.2) is 0 Å². The fourth-order valence-corrected chi connectivity index (χ4v) is 3.91. The predicted octanol–water partition coefficient (Wildman–Crippen LogP) is 5.41. The van der Waals surface area contributed by atoms with E-state index in [0.717, 1.165) is 11.1 Å². The van der Waals surface area contributed by atoms with Gasteiger partial charge in [-0.25, -0.2) is 13.9 Å². The first-order valence-electron chi connectivity index (χ1n) is 11.9. The van der Waals surface area contributed by atoms with Crippen LogP contribution in [0.15, 0.2) is 78.9 Å². The lowest BCUT2D eigenvalue weighted by Gasteiger charge is -2.09. The van der Waals surface area contributed by atoms with Gasteiger partial charge in [0.2, 0.25) is 5.91 Å². The third-order valence-electron chi connectivity index (χ3n) is 5.68. The number of hydrogen-bond acceptors (Lipinski definition) is 4. The van der Waals surface area contributed by atoms with Gasteiger partial charge in [-0.2, -0.15) is 5.10 Å². The molecule has 3 aromatic carbocycles. The second-order valence-corrected chi connectivity index (χ2v) is 8.48. The normalized spacial score (nSPS) is 10.8. The number of hydrogen-bond donors (Lipinski definition) is 1. The monoisotopic (exact) mass is 485 g/mol. The zero-order chi connectivity index (χ0) is 25.5. The van der Waals surface area contributed by atoms with Crippen LogP contribution < -0.4 is 5.32 Å². The number of carbonyl (C=O) groups is 2. The summed E-state index contributed by atoms with van der Waals surface area (Å²) in [6.45, 7) is 4.54. The Kier molecular flexibility index (Phi) is 7.90. The predicted molar refractivity (Wildman–Crippen MR) is 136 cm³/mol. The molecule has 36 heavy (non-hydrogen) atoms. The first kappa shape index (κ1) is 24.9. The first-order valence-corrected chi connectivity index (χ1v) is 11.9. The molecule has 0 atom stereocenters. The third kappa shape index (κ3) is 6.24. The lowest BCUT2D eigenvalue weighted by Crippen LogP contribution is -2.23. The number of rotatable bonds is 9. The smallest absolute Gasteiger partial charge is 0.338 e. The highest BCUT2D eigenvalue weighted by atomic mass is 19.1. The van der Waals surface area contributed by atoms with E-state index in [4.69, 9.17) is 9.84 Å². The maximum atomic E-state index is 14.0. The average molecular weight is 486 g/mol. The van der Waals surface area contributed by atoms with Gasteiger partial charge in [-0.3, -0.25) is 4.79 Å². The van der Waals surface area contributed by atoms with Crippen LogP contribution in [0, 0.1) is 12.7 Å². The highest BCUT2D eigenvalue weighted by Crippen LogP contribution is 2.25. The molecule has 184 valence electrons. The van der Waals surface area contributed by atoms with E-state index in [-0.39, 0.29) is 18.1 Å². The number of carbonyl (C=O) groups excluding carboxylic acids is 2. The van der Waals surface area contributed by atoms with Crippen molar-refractivity contribution in [2.75, 3.05) is 6.61 Å². The van der Waals surface area contributed by atoms with Crippen molar-refractivity contribution in [2.24, 2.45) is 0 Å². The van der Waals surface area contributed by atoms with Gasteiger partial charge in [0.05, 0.1) is 29.2 Å². The highest BCUT2D eigenvalue weighted by Gasteiger charge is 2.15. The van der Waals surface area contributed by atoms with Crippen LogP contribution in [0.4, 0.5) is 4.39 Å². The van der Waals surface area contributed by atoms with Crippen molar-refractivity contribution in [1.29, 1.82) is 0 Å². The topological polar surface area (TPSA) is 73.2 Å². The van der Waals surface area contributed by atoms with E-state index in [1.165, 1.54) is 12.1 Å². The van der Waals surface area contributed by atoms with Crippen LogP contribution >= 0.6 is 0 Å². The number of nitrogens with one attached hydrogen (secondary N) is 1. The fraction of sp³-hybridized carbons (Fsp3) is 0.207. The lowest BCUT2D eigenvalue weighted by molar-refractivity contribution is -0.121. The molecule has 1 heterocycles. The Morgan fingerprint density at radius 2 is 1.78 bits per heavy atom. The number of halogens is 1. The van der Waals surface area contributed by atoms with E-state index in [2.05, 4.69) is 5.32 Å². The van der Waals surface area contributed by atoms with Gasteiger partial charge in [0.1, 0.15) is 5.82 Å². The van der Waals surface area contributed by atoms with Crippen molar-refractivity contribution >= 4 is 11.9 Å². The molecule has 0 fully saturated rings. The van der Waals surface area contributed by atoms with Crippen molar-refractivity contribution < 1.29 is 18.7 Å². The van der Waals surface area contributed by atoms with Gasteiger partial charge in [-0.15, -0.1) is 0 Å². The van der Waals surface area contributed by atoms with E-state index < -0.39 is 5.97 Å². The van der Waals surface area contributed by atoms with E-state index >= 15 is 0 Å². The standard InChI is InChI=1S/C29H28FN3O3/c1-3-36-29(35)22-10-13-26(14-11-22)33-27(23-8-5-9-24(30)17-23)18-25(32-33)12-15-28(34)31-19-21-7-4-6-20(2)16-21/h4-11,13-14,16-18H,3,12,15,19H2,1-2H3,(H,31,34). The molecule has 6 nitrogen and oxygen atoms in total. The summed E-state index contributed by atoms with van der Waals surface area (Å²) in [5.74, 6) is -0.820. The molecule has 0 aliphatic carbocycles. The summed E-state index contributed by atoms with van der Waals surface area (Å²) >= 11 is 0. The molecule has 4 aromatic rings. The Bertz CT molecular complexity index is 1360. The molecule has 1 N–H and O–H groups in total. The van der Waals surface area contributed by atoms with Gasteiger partial charge < -0.3 is 10.1 Å². The van der Waals surface area contributed by atoms with Crippen LogP contribution in [0.25, 0.3) is 16.9 Å². The summed E-state index contributed by atoms with van der Waals surface area (Å²) in [5.41, 5.74) is 5.39. The van der Waals surface area contributed by atoms with E-state index in [1.54, 1.807) is 41.9 Å². The quantitative estimate of drug-likeness (QED) is 0.322. The Labute approximate surface area is 209 Å². The van der Waals surface area contributed by atoms with E-state index in [9.17, 15) is 14.0 Å². The lowest BCUT2D eigenvalue weighted by atomic mass is 10.1. The summed E-state index contributed by atoms with van der Waals surface area (Å²) in [5, 5.41) is 7.65. The second kappa shape index (κ2) is 11.4. The molecule has 0 aliphatic rings. The van der Waals surface area contributed by atoms with Crippen LogP contribution in [0.5, 0.6) is 0 Å². The Morgan fingerprint density at radius 3 is 2.50 bits per heavy atom. The van der Waals surface area contributed by atoms with Crippen LogP contribution in [0.3, 0.4) is 0 Å². The van der Waals surface area contributed by atoms with Crippen LogP contribution in [-0.4, -0.2) is 28.3 Å². The molecule has 0 bridgehead atoms. The molecule has 0 spiro atoms. The maximum absolute atomic E-state index is 14.0. The van der Waals surface area contributed by atoms with Crippen molar-refractivity contribution in [3.05, 3.63) is 107 Å². The van der Waals surface area contributed by atoms with E-state index in [0.29, 0.717) is 47.8 Å². The Morgan fingerprint density at radius 1 is 1.00 bits per heavy atom. The minimum absolute atomic E-state index is 0.0721. The zero-order valence-electron chi connectivity index (χ0n) is 20.3. The summed E-state index contributed by atoms with van der Waals surface area (Å²) in [6, 6.07) is 23.0. The van der Waals surface area contributed by atoms with Gasteiger partial charge in [-0.05, 0) is 61.9 Å². The van der Waals surface area contributed by atoms with Crippen molar-refractivity contribution in [3.63, 3.8) is 0 Å². The zero-order valence-corrected chi connectivity index (χ0v) is 20.3. The molecule has 1 amide bonds. The first-order chi connectivity index (χ1) is 17.4. The van der Waals surface area contributed by atoms with E-state index in [1.807, 2.05) is 43.3 Å². The minimum Gasteiger partial charge on any atom is -0.462 e. The molecule has 0 aliphatic heterocycles. The SMILES string of the molecule is CCOC(=O)c1ccc(-n2nc(CCC(=O)NCc3cccc(C)c3)cc2-c2cccc(F)c2)cc1. The minimum atomic E-state index is -0.396. The molecule has 1 aromatic heterocycles. The van der Waals surface area contributed by atoms with Gasteiger partial charge in [-0.1, -0.05) is 42.0 Å². The number of aromatic nitrogens is 2. The largest absolute Gasteiger partial charge is 0.462 e. The highest BCUT2D eigenvalue weighted by molar-refractivity contribution is 5.89. The number of ether oxygens (including phenoxy) is 1. The molecular formula is C29H28FN3O3. The Hall–Kier alpha value is -4.26. The van der Waals surface area contributed by atoms with Gasteiger partial charge in [0, 0.05) is 24.9 Å². The van der Waals surface area contributed by atoms with Crippen molar-refractivity contribution in [3.8, 4) is 16.9 Å². The number of amides is 1. The number of benzene rings is 3. The second-order valence-electron chi connectivity index (χ2n) is 8.48. The fourth-order valence-electron chi connectivity index (χ4n) is 3.91. The molecular weight excluding hydrogens is 457 g/mol. The summed E-state index contributed by atoms with van der Waals surface area (Å²) in [7, 11) is 0. The maximum Gasteiger partial charge on any atom is 0.338 e. The summed E-state index contributed by atoms with van der Waals surface area (Å²) in [4.78, 5) is 24.5. The molecule has 0 saturated carbocycles. The number of nitrogens with zero attached hydrogens (tertiary/aromatic N) is 2. The third-order valence-corrected chi connectivity index (χ3v) is 5.68. The molecule has 0 saturated heterocycles. The molecule has 4 rings (SSSR count). The van der Waals surface area contributed by atoms with Gasteiger partial charge in [0.25, 0.3) is 0 Å². The molecule has 0 unspecified atom stereocenters. The molecule has 0 radical (unpaired) electrons. The van der Waals surface area contributed by atoms with Crippen LogP contribution in [0.1, 0.15) is 40.5 Å². The molecule has 7 heteroatoms. The van der Waals surface area contributed by atoms with Crippen LogP contribution in [0.2, 0.25) is 0 Å².